The molecule has 1 fully saturated rings. The van der Waals surface area contributed by atoms with E-state index in [1.807, 2.05) is 0 Å². The Hall–Kier alpha value is -4.14. The van der Waals surface area contributed by atoms with E-state index < -0.39 is 11.4 Å². The summed E-state index contributed by atoms with van der Waals surface area (Å²) in [5, 5.41) is 2.83. The number of nitrogens with zero attached hydrogens (tertiary/aromatic N) is 3. The van der Waals surface area contributed by atoms with Gasteiger partial charge in [-0.1, -0.05) is 18.2 Å². The van der Waals surface area contributed by atoms with Gasteiger partial charge >= 0.3 is 5.63 Å². The highest BCUT2D eigenvalue weighted by molar-refractivity contribution is 5.94. The molecule has 4 aromatic rings. The maximum atomic E-state index is 14.5. The van der Waals surface area contributed by atoms with Crippen LogP contribution in [0.2, 0.25) is 0 Å². The van der Waals surface area contributed by atoms with E-state index in [0.717, 1.165) is 12.8 Å². The van der Waals surface area contributed by atoms with Gasteiger partial charge < -0.3 is 14.3 Å². The predicted octanol–water partition coefficient (Wildman–Crippen LogP) is 4.05. The van der Waals surface area contributed by atoms with E-state index in [2.05, 4.69) is 15.3 Å². The molecule has 1 N–H and O–H groups in total. The maximum absolute atomic E-state index is 14.5. The van der Waals surface area contributed by atoms with Crippen LogP contribution in [0.5, 0.6) is 0 Å². The van der Waals surface area contributed by atoms with Gasteiger partial charge in [-0.3, -0.25) is 14.6 Å². The summed E-state index contributed by atoms with van der Waals surface area (Å²) < 4.78 is 22.0. The third kappa shape index (κ3) is 4.03. The fraction of sp³-hybridized carbons (Fsp3) is 0.269. The number of nitrogens with one attached hydrogen (secondary N) is 1. The highest BCUT2D eigenvalue weighted by atomic mass is 19.1. The molecule has 178 valence electrons. The Morgan fingerprint density at radius 1 is 1.20 bits per heavy atom. The average Bonchev–Trinajstić information content (AvgIpc) is 3.63. The van der Waals surface area contributed by atoms with E-state index in [1.54, 1.807) is 36.6 Å². The number of carbonyl (C=O) groups is 1. The summed E-state index contributed by atoms with van der Waals surface area (Å²) >= 11 is 0. The SMILES string of the molecule is CC(=O)Nc1cncc(-c2c(C)n(C3CC3)c(=O)c3c(Cc4ccccc4F)c(C)c(=O)oc23)n1. The molecule has 5 rings (SSSR count). The van der Waals surface area contributed by atoms with Crippen molar-refractivity contribution in [3.63, 3.8) is 0 Å². The molecule has 1 amide bonds. The summed E-state index contributed by atoms with van der Waals surface area (Å²) in [5.41, 5.74) is 1.61. The van der Waals surface area contributed by atoms with Gasteiger partial charge in [-0.25, -0.2) is 14.2 Å². The largest absolute Gasteiger partial charge is 0.421 e. The van der Waals surface area contributed by atoms with E-state index in [0.29, 0.717) is 28.1 Å². The standard InChI is InChI=1S/C26H23FN4O4/c1-13-18(10-16-6-4-5-7-19(16)27)23-24(35-26(13)34)22(14(2)31(25(23)33)17-8-9-17)20-11-28-12-21(30-20)29-15(3)32/h4-7,11-12,17H,8-10H2,1-3H3,(H,29,30,32). The normalized spacial score (nSPS) is 13.3. The van der Waals surface area contributed by atoms with Crippen LogP contribution in [-0.2, 0) is 11.2 Å². The average molecular weight is 474 g/mol. The lowest BCUT2D eigenvalue weighted by Gasteiger charge is -2.18. The van der Waals surface area contributed by atoms with Crippen molar-refractivity contribution >= 4 is 22.7 Å². The molecule has 1 aliphatic rings. The minimum atomic E-state index is -0.612. The van der Waals surface area contributed by atoms with Crippen molar-refractivity contribution in [1.29, 1.82) is 0 Å². The Balaban J connectivity index is 1.86. The van der Waals surface area contributed by atoms with Gasteiger partial charge in [-0.15, -0.1) is 0 Å². The zero-order chi connectivity index (χ0) is 24.9. The van der Waals surface area contributed by atoms with E-state index in [1.165, 1.54) is 25.4 Å². The molecule has 0 atom stereocenters. The Morgan fingerprint density at radius 2 is 1.94 bits per heavy atom. The molecule has 0 unspecified atom stereocenters. The molecular formula is C26H23FN4O4. The van der Waals surface area contributed by atoms with Gasteiger partial charge in [-0.05, 0) is 43.9 Å². The summed E-state index contributed by atoms with van der Waals surface area (Å²) in [5.74, 6) is -0.500. The number of halogens is 1. The number of pyridine rings is 1. The highest BCUT2D eigenvalue weighted by Crippen LogP contribution is 2.39. The Morgan fingerprint density at radius 3 is 2.63 bits per heavy atom. The first kappa shape index (κ1) is 22.6. The van der Waals surface area contributed by atoms with E-state index in [4.69, 9.17) is 4.42 Å². The van der Waals surface area contributed by atoms with Gasteiger partial charge in [0.15, 0.2) is 11.4 Å². The molecule has 0 aliphatic heterocycles. The molecule has 1 saturated carbocycles. The first-order chi connectivity index (χ1) is 16.8. The van der Waals surface area contributed by atoms with Crippen LogP contribution in [-0.4, -0.2) is 20.4 Å². The lowest BCUT2D eigenvalue weighted by molar-refractivity contribution is -0.114. The maximum Gasteiger partial charge on any atom is 0.339 e. The van der Waals surface area contributed by atoms with Gasteiger partial charge in [0.1, 0.15) is 5.82 Å². The fourth-order valence-corrected chi connectivity index (χ4v) is 4.48. The number of hydrogen-bond donors (Lipinski definition) is 1. The molecule has 0 spiro atoms. The molecular weight excluding hydrogens is 451 g/mol. The minimum Gasteiger partial charge on any atom is -0.421 e. The minimum absolute atomic E-state index is 0.0192. The van der Waals surface area contributed by atoms with Crippen LogP contribution < -0.4 is 16.5 Å². The summed E-state index contributed by atoms with van der Waals surface area (Å²) in [6.07, 6.45) is 4.65. The molecule has 0 radical (unpaired) electrons. The monoisotopic (exact) mass is 474 g/mol. The van der Waals surface area contributed by atoms with E-state index in [9.17, 15) is 18.8 Å². The Kier molecular flexibility index (Phi) is 5.55. The number of rotatable bonds is 5. The number of aromatic nitrogens is 3. The molecule has 8 nitrogen and oxygen atoms in total. The van der Waals surface area contributed by atoms with Crippen LogP contribution in [0.15, 0.2) is 50.7 Å². The zero-order valence-electron chi connectivity index (χ0n) is 19.5. The van der Waals surface area contributed by atoms with Crippen molar-refractivity contribution in [1.82, 2.24) is 14.5 Å². The molecule has 35 heavy (non-hydrogen) atoms. The lowest BCUT2D eigenvalue weighted by Crippen LogP contribution is -2.26. The van der Waals surface area contributed by atoms with Gasteiger partial charge in [0, 0.05) is 30.6 Å². The van der Waals surface area contributed by atoms with Crippen molar-refractivity contribution < 1.29 is 13.6 Å². The summed E-state index contributed by atoms with van der Waals surface area (Å²) in [4.78, 5) is 46.9. The molecule has 0 saturated heterocycles. The van der Waals surface area contributed by atoms with Crippen molar-refractivity contribution in [2.24, 2.45) is 0 Å². The molecule has 3 aromatic heterocycles. The number of amides is 1. The van der Waals surface area contributed by atoms with Crippen LogP contribution in [0.25, 0.3) is 22.2 Å². The van der Waals surface area contributed by atoms with Gasteiger partial charge in [0.2, 0.25) is 5.91 Å². The smallest absolute Gasteiger partial charge is 0.339 e. The van der Waals surface area contributed by atoms with Crippen LogP contribution >= 0.6 is 0 Å². The van der Waals surface area contributed by atoms with Gasteiger partial charge in [-0.2, -0.15) is 0 Å². The second-order valence-electron chi connectivity index (χ2n) is 8.80. The van der Waals surface area contributed by atoms with E-state index in [-0.39, 0.29) is 46.3 Å². The number of hydrogen-bond acceptors (Lipinski definition) is 6. The van der Waals surface area contributed by atoms with Crippen molar-refractivity contribution in [2.75, 3.05) is 5.32 Å². The van der Waals surface area contributed by atoms with Crippen LogP contribution in [0.1, 0.15) is 48.2 Å². The number of fused-ring (bicyclic) bond motifs is 1. The topological polar surface area (TPSA) is 107 Å². The van der Waals surface area contributed by atoms with Gasteiger partial charge in [0.25, 0.3) is 5.56 Å². The molecule has 3 heterocycles. The summed E-state index contributed by atoms with van der Waals surface area (Å²) in [6.45, 7) is 4.72. The molecule has 1 aliphatic carbocycles. The van der Waals surface area contributed by atoms with Gasteiger partial charge in [0.05, 0.1) is 29.0 Å². The van der Waals surface area contributed by atoms with E-state index >= 15 is 0 Å². The third-order valence-electron chi connectivity index (χ3n) is 6.30. The molecule has 9 heteroatoms. The molecule has 0 bridgehead atoms. The van der Waals surface area contributed by atoms with Crippen molar-refractivity contribution in [3.05, 3.63) is 85.6 Å². The Bertz CT molecular complexity index is 1620. The molecule has 1 aromatic carbocycles. The van der Waals surface area contributed by atoms with Crippen LogP contribution in [0, 0.1) is 19.7 Å². The summed E-state index contributed by atoms with van der Waals surface area (Å²) in [6, 6.07) is 6.30. The second-order valence-corrected chi connectivity index (χ2v) is 8.80. The third-order valence-corrected chi connectivity index (χ3v) is 6.30. The first-order valence-corrected chi connectivity index (χ1v) is 11.3. The van der Waals surface area contributed by atoms with Crippen LogP contribution in [0.4, 0.5) is 10.2 Å². The predicted molar refractivity (Wildman–Crippen MR) is 129 cm³/mol. The number of carbonyl (C=O) groups excluding carboxylic acids is 1. The second kappa shape index (κ2) is 8.57. The fourth-order valence-electron chi connectivity index (χ4n) is 4.48. The first-order valence-electron chi connectivity index (χ1n) is 11.3. The van der Waals surface area contributed by atoms with Crippen LogP contribution in [0.3, 0.4) is 0 Å². The number of anilines is 1. The summed E-state index contributed by atoms with van der Waals surface area (Å²) in [7, 11) is 0. The van der Waals surface area contributed by atoms with Crippen molar-refractivity contribution in [2.45, 2.75) is 46.1 Å². The lowest BCUT2D eigenvalue weighted by atomic mass is 9.96. The quantitative estimate of drug-likeness (QED) is 0.468. The highest BCUT2D eigenvalue weighted by Gasteiger charge is 2.31. The zero-order valence-corrected chi connectivity index (χ0v) is 19.5. The number of benzene rings is 1. The van der Waals surface area contributed by atoms with Crippen molar-refractivity contribution in [3.8, 4) is 11.3 Å². The Labute approximate surface area is 199 Å².